The Kier molecular flexibility index (Phi) is 3.77. The Balaban J connectivity index is 1.68. The SMILES string of the molecule is NC(=O)c1[c]ccc(N2CCCN(C(=O)C3CC3)CC2)n1. The molecule has 3 rings (SSSR count). The normalized spacial score (nSPS) is 19.2. The molecule has 1 saturated heterocycles. The van der Waals surface area contributed by atoms with Crippen LogP contribution in [-0.2, 0) is 4.79 Å². The van der Waals surface area contributed by atoms with Crippen molar-refractivity contribution in [2.24, 2.45) is 11.7 Å². The molecule has 2 N–H and O–H groups in total. The topological polar surface area (TPSA) is 79.5 Å². The molecule has 0 aromatic carbocycles. The van der Waals surface area contributed by atoms with Gasteiger partial charge in [0.25, 0.3) is 5.91 Å². The maximum Gasteiger partial charge on any atom is 0.268 e. The predicted molar refractivity (Wildman–Crippen MR) is 77.7 cm³/mol. The Morgan fingerprint density at radius 2 is 2.05 bits per heavy atom. The molecule has 1 aliphatic heterocycles. The Bertz CT molecular complexity index is 556. The fourth-order valence-electron chi connectivity index (χ4n) is 2.64. The van der Waals surface area contributed by atoms with E-state index in [0.29, 0.717) is 12.5 Å². The van der Waals surface area contributed by atoms with E-state index >= 15 is 0 Å². The van der Waals surface area contributed by atoms with Crippen LogP contribution in [0.2, 0.25) is 0 Å². The van der Waals surface area contributed by atoms with E-state index in [1.165, 1.54) is 0 Å². The van der Waals surface area contributed by atoms with Gasteiger partial charge in [-0.15, -0.1) is 0 Å². The van der Waals surface area contributed by atoms with Gasteiger partial charge in [0.05, 0.1) is 0 Å². The van der Waals surface area contributed by atoms with Gasteiger partial charge in [-0.3, -0.25) is 9.59 Å². The summed E-state index contributed by atoms with van der Waals surface area (Å²) in [6.07, 6.45) is 2.98. The third kappa shape index (κ3) is 3.15. The van der Waals surface area contributed by atoms with Gasteiger partial charge in [0.2, 0.25) is 5.91 Å². The van der Waals surface area contributed by atoms with Crippen LogP contribution in [-0.4, -0.2) is 47.9 Å². The first-order valence-corrected chi connectivity index (χ1v) is 7.37. The Hall–Kier alpha value is -2.11. The molecule has 0 spiro atoms. The fraction of sp³-hybridized carbons (Fsp3) is 0.533. The van der Waals surface area contributed by atoms with Crippen LogP contribution in [0.3, 0.4) is 0 Å². The second-order valence-electron chi connectivity index (χ2n) is 5.60. The first-order chi connectivity index (χ1) is 10.1. The summed E-state index contributed by atoms with van der Waals surface area (Å²) in [5.41, 5.74) is 5.40. The van der Waals surface area contributed by atoms with E-state index in [1.807, 2.05) is 11.0 Å². The van der Waals surface area contributed by atoms with Crippen LogP contribution in [0.15, 0.2) is 12.1 Å². The second-order valence-corrected chi connectivity index (χ2v) is 5.60. The number of rotatable bonds is 3. The number of amides is 2. The fourth-order valence-corrected chi connectivity index (χ4v) is 2.64. The lowest BCUT2D eigenvalue weighted by Crippen LogP contribution is -2.36. The summed E-state index contributed by atoms with van der Waals surface area (Å²) in [5, 5.41) is 0. The zero-order chi connectivity index (χ0) is 14.8. The largest absolute Gasteiger partial charge is 0.364 e. The molecule has 0 atom stereocenters. The number of anilines is 1. The molecule has 2 aliphatic rings. The predicted octanol–water partition coefficient (Wildman–Crippen LogP) is 0.429. The summed E-state index contributed by atoms with van der Waals surface area (Å²) in [5.74, 6) is 0.715. The van der Waals surface area contributed by atoms with E-state index in [1.54, 1.807) is 6.07 Å². The van der Waals surface area contributed by atoms with E-state index in [2.05, 4.69) is 16.0 Å². The van der Waals surface area contributed by atoms with E-state index in [9.17, 15) is 9.59 Å². The van der Waals surface area contributed by atoms with Gasteiger partial charge >= 0.3 is 0 Å². The zero-order valence-electron chi connectivity index (χ0n) is 11.9. The van der Waals surface area contributed by atoms with Crippen LogP contribution in [0.1, 0.15) is 29.8 Å². The molecule has 21 heavy (non-hydrogen) atoms. The average molecular weight is 287 g/mol. The summed E-state index contributed by atoms with van der Waals surface area (Å²) in [4.78, 5) is 31.6. The number of carbonyl (C=O) groups is 2. The van der Waals surface area contributed by atoms with Crippen molar-refractivity contribution in [1.29, 1.82) is 0 Å². The highest BCUT2D eigenvalue weighted by Gasteiger charge is 2.34. The van der Waals surface area contributed by atoms with Gasteiger partial charge < -0.3 is 15.5 Å². The number of aromatic nitrogens is 1. The molecule has 0 unspecified atom stereocenters. The molecular weight excluding hydrogens is 268 g/mol. The molecule has 1 aliphatic carbocycles. The molecule has 111 valence electrons. The molecule has 2 amide bonds. The first kappa shape index (κ1) is 13.9. The van der Waals surface area contributed by atoms with Gasteiger partial charge in [-0.2, -0.15) is 0 Å². The van der Waals surface area contributed by atoms with Crippen LogP contribution in [0.4, 0.5) is 5.82 Å². The van der Waals surface area contributed by atoms with Crippen LogP contribution in [0, 0.1) is 12.0 Å². The molecule has 1 aromatic rings. The lowest BCUT2D eigenvalue weighted by atomic mass is 10.3. The van der Waals surface area contributed by atoms with Gasteiger partial charge in [0.1, 0.15) is 11.5 Å². The van der Waals surface area contributed by atoms with Gasteiger partial charge in [-0.05, 0) is 31.4 Å². The molecule has 2 heterocycles. The van der Waals surface area contributed by atoms with Crippen LogP contribution < -0.4 is 10.6 Å². The molecule has 2 fully saturated rings. The monoisotopic (exact) mass is 287 g/mol. The highest BCUT2D eigenvalue weighted by molar-refractivity contribution is 5.90. The Morgan fingerprint density at radius 3 is 2.76 bits per heavy atom. The number of carbonyl (C=O) groups excluding carboxylic acids is 2. The summed E-state index contributed by atoms with van der Waals surface area (Å²) >= 11 is 0. The number of nitrogens with zero attached hydrogens (tertiary/aromatic N) is 3. The molecule has 1 aromatic heterocycles. The molecule has 6 heteroatoms. The lowest BCUT2D eigenvalue weighted by molar-refractivity contribution is -0.132. The molecule has 1 radical (unpaired) electrons. The van der Waals surface area contributed by atoms with Gasteiger partial charge in [0.15, 0.2) is 0 Å². The molecule has 1 saturated carbocycles. The minimum Gasteiger partial charge on any atom is -0.364 e. The average Bonchev–Trinajstić information content (AvgIpc) is 3.33. The van der Waals surface area contributed by atoms with E-state index < -0.39 is 5.91 Å². The molecular formula is C15H19N4O2. The van der Waals surface area contributed by atoms with Crippen LogP contribution in [0.25, 0.3) is 0 Å². The van der Waals surface area contributed by atoms with E-state index in [4.69, 9.17) is 5.73 Å². The third-order valence-electron chi connectivity index (χ3n) is 3.97. The first-order valence-electron chi connectivity index (χ1n) is 7.37. The Morgan fingerprint density at radius 1 is 1.24 bits per heavy atom. The highest BCUT2D eigenvalue weighted by atomic mass is 16.2. The van der Waals surface area contributed by atoms with Gasteiger partial charge in [0, 0.05) is 38.2 Å². The minimum atomic E-state index is -0.572. The summed E-state index contributed by atoms with van der Waals surface area (Å²) < 4.78 is 0. The van der Waals surface area contributed by atoms with Gasteiger partial charge in [-0.1, -0.05) is 0 Å². The van der Waals surface area contributed by atoms with E-state index in [0.717, 1.165) is 44.7 Å². The molecule has 6 nitrogen and oxygen atoms in total. The maximum absolute atomic E-state index is 12.1. The van der Waals surface area contributed by atoms with Crippen molar-refractivity contribution in [3.63, 3.8) is 0 Å². The summed E-state index contributed by atoms with van der Waals surface area (Å²) in [6.45, 7) is 3.06. The smallest absolute Gasteiger partial charge is 0.268 e. The van der Waals surface area contributed by atoms with Crippen molar-refractivity contribution in [2.75, 3.05) is 31.1 Å². The number of hydrogen-bond donors (Lipinski definition) is 1. The van der Waals surface area contributed by atoms with Gasteiger partial charge in [-0.25, -0.2) is 4.98 Å². The molecule has 0 bridgehead atoms. The maximum atomic E-state index is 12.1. The number of pyridine rings is 1. The highest BCUT2D eigenvalue weighted by Crippen LogP contribution is 2.31. The van der Waals surface area contributed by atoms with Crippen molar-refractivity contribution < 1.29 is 9.59 Å². The number of hydrogen-bond acceptors (Lipinski definition) is 4. The quantitative estimate of drug-likeness (QED) is 0.874. The van der Waals surface area contributed by atoms with Crippen molar-refractivity contribution >= 4 is 17.6 Å². The second kappa shape index (κ2) is 5.71. The van der Waals surface area contributed by atoms with Crippen molar-refractivity contribution in [3.8, 4) is 0 Å². The minimum absolute atomic E-state index is 0.155. The standard InChI is InChI=1S/C15H19N4O2/c16-14(20)12-3-1-4-13(17-12)18-7-2-8-19(10-9-18)15(21)11-5-6-11/h1,4,11H,2,5-10H2,(H2,16,20). The lowest BCUT2D eigenvalue weighted by Gasteiger charge is -2.23. The Labute approximate surface area is 123 Å². The van der Waals surface area contributed by atoms with Crippen LogP contribution in [0.5, 0.6) is 0 Å². The van der Waals surface area contributed by atoms with Crippen molar-refractivity contribution in [1.82, 2.24) is 9.88 Å². The van der Waals surface area contributed by atoms with E-state index in [-0.39, 0.29) is 11.6 Å². The van der Waals surface area contributed by atoms with Crippen molar-refractivity contribution in [2.45, 2.75) is 19.3 Å². The summed E-state index contributed by atoms with van der Waals surface area (Å²) in [7, 11) is 0. The zero-order valence-corrected chi connectivity index (χ0v) is 11.9. The van der Waals surface area contributed by atoms with Crippen LogP contribution >= 0.6 is 0 Å². The van der Waals surface area contributed by atoms with Crippen molar-refractivity contribution in [3.05, 3.63) is 23.9 Å². The number of primary amides is 1. The third-order valence-corrected chi connectivity index (χ3v) is 3.97. The summed E-state index contributed by atoms with van der Waals surface area (Å²) in [6, 6.07) is 6.23. The number of nitrogens with two attached hydrogens (primary N) is 1.